The van der Waals surface area contributed by atoms with Gasteiger partial charge in [-0.15, -0.1) is 0 Å². The molecular formula is C77H128O6. The fourth-order valence-corrected chi connectivity index (χ4v) is 9.56. The van der Waals surface area contributed by atoms with Gasteiger partial charge in [-0.3, -0.25) is 14.4 Å². The van der Waals surface area contributed by atoms with Crippen LogP contribution in [0.2, 0.25) is 0 Å². The number of allylic oxidation sites excluding steroid dienone is 22. The quantitative estimate of drug-likeness (QED) is 0.0261. The number of hydrogen-bond acceptors (Lipinski definition) is 6. The second kappa shape index (κ2) is 70.0. The average molecular weight is 1150 g/mol. The van der Waals surface area contributed by atoms with E-state index >= 15 is 0 Å². The smallest absolute Gasteiger partial charge is 0.306 e. The molecule has 0 aliphatic carbocycles. The third-order valence-electron chi connectivity index (χ3n) is 14.6. The van der Waals surface area contributed by atoms with Crippen molar-refractivity contribution in [3.8, 4) is 0 Å². The Morgan fingerprint density at radius 1 is 0.241 bits per heavy atom. The van der Waals surface area contributed by atoms with Crippen LogP contribution in [-0.2, 0) is 28.6 Å². The Labute approximate surface area is 513 Å². The van der Waals surface area contributed by atoms with Crippen LogP contribution >= 0.6 is 0 Å². The lowest BCUT2D eigenvalue weighted by atomic mass is 10.0. The molecular weight excluding hydrogens is 1020 g/mol. The van der Waals surface area contributed by atoms with Crippen molar-refractivity contribution in [3.63, 3.8) is 0 Å². The van der Waals surface area contributed by atoms with Gasteiger partial charge in [-0.1, -0.05) is 302 Å². The molecule has 0 rings (SSSR count). The summed E-state index contributed by atoms with van der Waals surface area (Å²) in [7, 11) is 0. The molecule has 0 saturated heterocycles. The SMILES string of the molecule is CC/C=C\C/C=C\C/C=C\C/C=C\C/C=C\CCCCCCCCCCCCCCCCCC(=O)OCC(COC(=O)CCCCCCCCC/C=C\C/C=C\C/C=C\CC)OC(=O)CCCCCCCCC/C=C\C/C=C\C/C=C\CC. The summed E-state index contributed by atoms with van der Waals surface area (Å²) < 4.78 is 17.0. The van der Waals surface area contributed by atoms with Gasteiger partial charge in [-0.05, 0) is 128 Å². The molecule has 472 valence electrons. The van der Waals surface area contributed by atoms with Crippen LogP contribution in [0.3, 0.4) is 0 Å². The Morgan fingerprint density at radius 2 is 0.434 bits per heavy atom. The number of hydrogen-bond donors (Lipinski definition) is 0. The standard InChI is InChI=1S/C77H128O6/c1-4-7-10-13-16-19-22-25-28-31-32-33-34-35-36-37-38-39-40-41-42-43-44-47-49-52-55-58-61-64-67-70-76(79)82-73-74(83-77(80)71-68-65-62-59-56-53-50-46-30-27-24-21-18-15-12-9-6-3)72-81-75(78)69-66-63-60-57-54-51-48-45-29-26-23-20-17-14-11-8-5-2/h7-12,16-21,25-30,32-33,35-36,74H,4-6,13-15,22-24,31,34,37-73H2,1-3H3/b10-7-,11-8-,12-9-,19-16-,20-17-,21-18-,28-25-,29-26-,30-27-,33-32-,36-35-. The van der Waals surface area contributed by atoms with E-state index in [0.717, 1.165) is 141 Å². The summed E-state index contributed by atoms with van der Waals surface area (Å²) in [5.41, 5.74) is 0. The van der Waals surface area contributed by atoms with Gasteiger partial charge < -0.3 is 14.2 Å². The van der Waals surface area contributed by atoms with Crippen LogP contribution in [0.15, 0.2) is 134 Å². The van der Waals surface area contributed by atoms with E-state index in [1.165, 1.54) is 135 Å². The largest absolute Gasteiger partial charge is 0.462 e. The van der Waals surface area contributed by atoms with Crippen molar-refractivity contribution >= 4 is 17.9 Å². The lowest BCUT2D eigenvalue weighted by Crippen LogP contribution is -2.30. The minimum atomic E-state index is -0.793. The molecule has 0 bridgehead atoms. The molecule has 0 aliphatic heterocycles. The molecule has 0 N–H and O–H groups in total. The molecule has 0 aromatic carbocycles. The molecule has 1 unspecified atom stereocenters. The topological polar surface area (TPSA) is 78.9 Å². The van der Waals surface area contributed by atoms with E-state index in [1.807, 2.05) is 0 Å². The summed E-state index contributed by atoms with van der Waals surface area (Å²) in [5.74, 6) is -0.898. The zero-order valence-electron chi connectivity index (χ0n) is 54.2. The highest BCUT2D eigenvalue weighted by Crippen LogP contribution is 2.17. The van der Waals surface area contributed by atoms with Crippen molar-refractivity contribution in [1.29, 1.82) is 0 Å². The molecule has 0 aromatic rings. The minimum Gasteiger partial charge on any atom is -0.462 e. The summed E-state index contributed by atoms with van der Waals surface area (Å²) >= 11 is 0. The van der Waals surface area contributed by atoms with Crippen molar-refractivity contribution in [2.75, 3.05) is 13.2 Å². The van der Waals surface area contributed by atoms with E-state index in [-0.39, 0.29) is 31.1 Å². The van der Waals surface area contributed by atoms with Gasteiger partial charge in [0.1, 0.15) is 13.2 Å². The second-order valence-corrected chi connectivity index (χ2v) is 22.6. The Hall–Kier alpha value is -4.45. The van der Waals surface area contributed by atoms with Crippen LogP contribution in [0.1, 0.15) is 316 Å². The fourth-order valence-electron chi connectivity index (χ4n) is 9.56. The molecule has 0 fully saturated rings. The van der Waals surface area contributed by atoms with Gasteiger partial charge >= 0.3 is 17.9 Å². The first-order chi connectivity index (χ1) is 41.0. The van der Waals surface area contributed by atoms with Crippen molar-refractivity contribution in [2.45, 2.75) is 322 Å². The first kappa shape index (κ1) is 78.5. The van der Waals surface area contributed by atoms with Crippen LogP contribution in [0, 0.1) is 0 Å². The van der Waals surface area contributed by atoms with E-state index in [1.54, 1.807) is 0 Å². The van der Waals surface area contributed by atoms with Crippen molar-refractivity contribution in [2.24, 2.45) is 0 Å². The summed E-state index contributed by atoms with van der Waals surface area (Å²) in [5, 5.41) is 0. The number of carbonyl (C=O) groups excluding carboxylic acids is 3. The summed E-state index contributed by atoms with van der Waals surface area (Å²) in [6, 6.07) is 0. The van der Waals surface area contributed by atoms with Crippen molar-refractivity contribution in [1.82, 2.24) is 0 Å². The number of esters is 3. The zero-order valence-corrected chi connectivity index (χ0v) is 54.2. The third kappa shape index (κ3) is 68.2. The highest BCUT2D eigenvalue weighted by Gasteiger charge is 2.19. The zero-order chi connectivity index (χ0) is 59.9. The van der Waals surface area contributed by atoms with E-state index in [4.69, 9.17) is 14.2 Å². The molecule has 0 spiro atoms. The molecule has 1 atom stereocenters. The van der Waals surface area contributed by atoms with Crippen LogP contribution < -0.4 is 0 Å². The fraction of sp³-hybridized carbons (Fsp3) is 0.675. The van der Waals surface area contributed by atoms with Crippen LogP contribution in [-0.4, -0.2) is 37.2 Å². The van der Waals surface area contributed by atoms with Gasteiger partial charge in [0.05, 0.1) is 0 Å². The Kier molecular flexibility index (Phi) is 66.3. The summed E-state index contributed by atoms with van der Waals surface area (Å²) in [6.07, 6.45) is 99.0. The predicted octanol–water partition coefficient (Wildman–Crippen LogP) is 24.1. The molecule has 0 amide bonds. The van der Waals surface area contributed by atoms with Gasteiger partial charge in [-0.2, -0.15) is 0 Å². The second-order valence-electron chi connectivity index (χ2n) is 22.6. The van der Waals surface area contributed by atoms with Gasteiger partial charge in [0.25, 0.3) is 0 Å². The van der Waals surface area contributed by atoms with Crippen molar-refractivity contribution in [3.05, 3.63) is 134 Å². The molecule has 6 nitrogen and oxygen atoms in total. The molecule has 0 aromatic heterocycles. The third-order valence-corrected chi connectivity index (χ3v) is 14.6. The van der Waals surface area contributed by atoms with Gasteiger partial charge in [-0.25, -0.2) is 0 Å². The van der Waals surface area contributed by atoms with Crippen LogP contribution in [0.25, 0.3) is 0 Å². The molecule has 0 radical (unpaired) electrons. The normalized spacial score (nSPS) is 13.0. The summed E-state index contributed by atoms with van der Waals surface area (Å²) in [4.78, 5) is 38.4. The van der Waals surface area contributed by atoms with E-state index in [9.17, 15) is 14.4 Å². The first-order valence-electron chi connectivity index (χ1n) is 34.7. The lowest BCUT2D eigenvalue weighted by Gasteiger charge is -2.18. The molecule has 0 aliphatic rings. The first-order valence-corrected chi connectivity index (χ1v) is 34.7. The van der Waals surface area contributed by atoms with Crippen LogP contribution in [0.5, 0.6) is 0 Å². The van der Waals surface area contributed by atoms with Crippen molar-refractivity contribution < 1.29 is 28.6 Å². The maximum absolute atomic E-state index is 12.9. The van der Waals surface area contributed by atoms with E-state index in [2.05, 4.69) is 154 Å². The number of unbranched alkanes of at least 4 members (excludes halogenated alkanes) is 29. The lowest BCUT2D eigenvalue weighted by molar-refractivity contribution is -0.167. The average Bonchev–Trinajstić information content (AvgIpc) is 3.49. The maximum Gasteiger partial charge on any atom is 0.306 e. The number of rotatable bonds is 62. The monoisotopic (exact) mass is 1150 g/mol. The maximum atomic E-state index is 12.9. The van der Waals surface area contributed by atoms with Crippen LogP contribution in [0.4, 0.5) is 0 Å². The Bertz CT molecular complexity index is 1750. The molecule has 0 saturated carbocycles. The Balaban J connectivity index is 4.29. The molecule has 6 heteroatoms. The van der Waals surface area contributed by atoms with E-state index < -0.39 is 6.10 Å². The Morgan fingerprint density at radius 3 is 0.675 bits per heavy atom. The van der Waals surface area contributed by atoms with Gasteiger partial charge in [0.2, 0.25) is 0 Å². The summed E-state index contributed by atoms with van der Waals surface area (Å²) in [6.45, 7) is 6.31. The number of carbonyl (C=O) groups is 3. The highest BCUT2D eigenvalue weighted by atomic mass is 16.6. The molecule has 83 heavy (non-hydrogen) atoms. The van der Waals surface area contributed by atoms with E-state index in [0.29, 0.717) is 19.3 Å². The van der Waals surface area contributed by atoms with Gasteiger partial charge in [0.15, 0.2) is 6.10 Å². The predicted molar refractivity (Wildman–Crippen MR) is 362 cm³/mol. The molecule has 0 heterocycles. The number of ether oxygens (including phenoxy) is 3. The highest BCUT2D eigenvalue weighted by molar-refractivity contribution is 5.71. The minimum absolute atomic E-state index is 0.0867. The van der Waals surface area contributed by atoms with Gasteiger partial charge in [0, 0.05) is 19.3 Å².